The molecule has 0 aliphatic heterocycles. The molecule has 15 heavy (non-hydrogen) atoms. The molecule has 1 unspecified atom stereocenters. The number of hydrogen-bond donors (Lipinski definition) is 2. The number of nitrogens with zero attached hydrogens (tertiary/aromatic N) is 2. The number of aromatic nitrogens is 2. The Kier molecular flexibility index (Phi) is 3.15. The molecule has 0 aromatic carbocycles. The van der Waals surface area contributed by atoms with E-state index >= 15 is 0 Å². The van der Waals surface area contributed by atoms with E-state index in [9.17, 15) is 0 Å². The zero-order valence-corrected chi connectivity index (χ0v) is 9.37. The van der Waals surface area contributed by atoms with Crippen LogP contribution in [0.15, 0.2) is 29.9 Å². The Morgan fingerprint density at radius 2 is 2.53 bits per heavy atom. The van der Waals surface area contributed by atoms with Crippen molar-refractivity contribution in [1.29, 1.82) is 0 Å². The summed E-state index contributed by atoms with van der Waals surface area (Å²) in [6.45, 7) is 0. The molecule has 0 spiro atoms. The van der Waals surface area contributed by atoms with E-state index in [0.29, 0.717) is 0 Å². The molecular formula is C10H14N4S. The van der Waals surface area contributed by atoms with Gasteiger partial charge in [-0.3, -0.25) is 16.0 Å². The number of rotatable bonds is 4. The molecule has 2 rings (SSSR count). The summed E-state index contributed by atoms with van der Waals surface area (Å²) in [5, 5.41) is 6.20. The van der Waals surface area contributed by atoms with Crippen LogP contribution in [0.4, 0.5) is 0 Å². The van der Waals surface area contributed by atoms with Gasteiger partial charge in [-0.25, -0.2) is 0 Å². The third-order valence-electron chi connectivity index (χ3n) is 2.29. The van der Waals surface area contributed by atoms with E-state index in [1.165, 1.54) is 10.4 Å². The van der Waals surface area contributed by atoms with E-state index in [1.807, 2.05) is 25.5 Å². The molecule has 2 aromatic rings. The minimum absolute atomic E-state index is 0.175. The summed E-state index contributed by atoms with van der Waals surface area (Å²) in [7, 11) is 1.92. The fraction of sp³-hybridized carbons (Fsp3) is 0.300. The van der Waals surface area contributed by atoms with Crippen molar-refractivity contribution in [2.45, 2.75) is 12.5 Å². The molecule has 3 N–H and O–H groups in total. The summed E-state index contributed by atoms with van der Waals surface area (Å²) in [6.07, 6.45) is 4.75. The maximum absolute atomic E-state index is 5.55. The zero-order valence-electron chi connectivity index (χ0n) is 8.55. The number of nitrogens with one attached hydrogen (secondary N) is 1. The van der Waals surface area contributed by atoms with Gasteiger partial charge in [0.25, 0.3) is 0 Å². The predicted molar refractivity (Wildman–Crippen MR) is 61.3 cm³/mol. The van der Waals surface area contributed by atoms with E-state index in [-0.39, 0.29) is 6.04 Å². The topological polar surface area (TPSA) is 55.9 Å². The lowest BCUT2D eigenvalue weighted by atomic mass is 10.1. The maximum Gasteiger partial charge on any atom is 0.0594 e. The van der Waals surface area contributed by atoms with Crippen molar-refractivity contribution in [3.63, 3.8) is 0 Å². The number of thiophene rings is 1. The standard InChI is InChI=1S/C10H14N4S/c1-14-7-8(6-12-14)5-9(13-11)10-3-2-4-15-10/h2-4,6-7,9,13H,5,11H2,1H3. The van der Waals surface area contributed by atoms with Crippen LogP contribution in [0.25, 0.3) is 0 Å². The number of nitrogens with two attached hydrogens (primary N) is 1. The Morgan fingerprint density at radius 1 is 1.67 bits per heavy atom. The molecule has 4 nitrogen and oxygen atoms in total. The van der Waals surface area contributed by atoms with Crippen molar-refractivity contribution in [3.8, 4) is 0 Å². The number of aryl methyl sites for hydroxylation is 1. The van der Waals surface area contributed by atoms with E-state index in [4.69, 9.17) is 5.84 Å². The molecule has 1 atom stereocenters. The van der Waals surface area contributed by atoms with E-state index in [2.05, 4.69) is 22.0 Å². The predicted octanol–water partition coefficient (Wildman–Crippen LogP) is 1.23. The number of hydrazine groups is 1. The highest BCUT2D eigenvalue weighted by molar-refractivity contribution is 7.10. The second-order valence-electron chi connectivity index (χ2n) is 3.46. The highest BCUT2D eigenvalue weighted by Crippen LogP contribution is 2.21. The second-order valence-corrected chi connectivity index (χ2v) is 4.44. The monoisotopic (exact) mass is 222 g/mol. The number of hydrogen-bond acceptors (Lipinski definition) is 4. The molecule has 2 heterocycles. The van der Waals surface area contributed by atoms with Gasteiger partial charge in [-0.1, -0.05) is 6.07 Å². The minimum Gasteiger partial charge on any atom is -0.276 e. The van der Waals surface area contributed by atoms with Crippen molar-refractivity contribution >= 4 is 11.3 Å². The Hall–Kier alpha value is -1.17. The lowest BCUT2D eigenvalue weighted by molar-refractivity contribution is 0.560. The normalized spacial score (nSPS) is 12.9. The molecule has 80 valence electrons. The van der Waals surface area contributed by atoms with Crippen LogP contribution in [-0.2, 0) is 13.5 Å². The minimum atomic E-state index is 0.175. The van der Waals surface area contributed by atoms with Gasteiger partial charge in [0, 0.05) is 18.1 Å². The molecule has 0 radical (unpaired) electrons. The van der Waals surface area contributed by atoms with Crippen molar-refractivity contribution in [3.05, 3.63) is 40.3 Å². The van der Waals surface area contributed by atoms with Gasteiger partial charge in [0.05, 0.1) is 12.2 Å². The van der Waals surface area contributed by atoms with Crippen molar-refractivity contribution in [1.82, 2.24) is 15.2 Å². The quantitative estimate of drug-likeness (QED) is 0.604. The average molecular weight is 222 g/mol. The van der Waals surface area contributed by atoms with Crippen LogP contribution in [0.3, 0.4) is 0 Å². The molecule has 0 saturated heterocycles. The highest BCUT2D eigenvalue weighted by Gasteiger charge is 2.12. The van der Waals surface area contributed by atoms with E-state index in [1.54, 1.807) is 16.0 Å². The summed E-state index contributed by atoms with van der Waals surface area (Å²) in [4.78, 5) is 1.25. The van der Waals surface area contributed by atoms with Crippen LogP contribution < -0.4 is 11.3 Å². The SMILES string of the molecule is Cn1cc(CC(NN)c2cccs2)cn1. The first kappa shape index (κ1) is 10.4. The Labute approximate surface area is 92.7 Å². The van der Waals surface area contributed by atoms with Crippen LogP contribution >= 0.6 is 11.3 Å². The van der Waals surface area contributed by atoms with Crippen molar-refractivity contribution < 1.29 is 0 Å². The Morgan fingerprint density at radius 3 is 3.07 bits per heavy atom. The van der Waals surface area contributed by atoms with Gasteiger partial charge in [-0.05, 0) is 23.4 Å². The Balaban J connectivity index is 2.09. The zero-order chi connectivity index (χ0) is 10.7. The molecular weight excluding hydrogens is 208 g/mol. The van der Waals surface area contributed by atoms with E-state index in [0.717, 1.165) is 6.42 Å². The van der Waals surface area contributed by atoms with Gasteiger partial charge in [-0.15, -0.1) is 11.3 Å². The molecule has 2 aromatic heterocycles. The summed E-state index contributed by atoms with van der Waals surface area (Å²) in [5.41, 5.74) is 4.02. The van der Waals surface area contributed by atoms with Crippen LogP contribution in [0, 0.1) is 0 Å². The average Bonchev–Trinajstić information content (AvgIpc) is 2.85. The van der Waals surface area contributed by atoms with Gasteiger partial charge in [-0.2, -0.15) is 5.10 Å². The van der Waals surface area contributed by atoms with Crippen molar-refractivity contribution in [2.24, 2.45) is 12.9 Å². The molecule has 0 saturated carbocycles. The Bertz CT molecular complexity index is 407. The summed E-state index contributed by atoms with van der Waals surface area (Å²) in [5.74, 6) is 5.55. The fourth-order valence-electron chi connectivity index (χ4n) is 1.54. The molecule has 0 fully saturated rings. The van der Waals surface area contributed by atoms with Gasteiger partial charge in [0.2, 0.25) is 0 Å². The maximum atomic E-state index is 5.55. The van der Waals surface area contributed by atoms with Crippen LogP contribution in [-0.4, -0.2) is 9.78 Å². The van der Waals surface area contributed by atoms with Crippen molar-refractivity contribution in [2.75, 3.05) is 0 Å². The van der Waals surface area contributed by atoms with Gasteiger partial charge < -0.3 is 0 Å². The molecule has 0 aliphatic rings. The fourth-order valence-corrected chi connectivity index (χ4v) is 2.33. The lowest BCUT2D eigenvalue weighted by Gasteiger charge is -2.12. The lowest BCUT2D eigenvalue weighted by Crippen LogP contribution is -2.28. The van der Waals surface area contributed by atoms with Gasteiger partial charge >= 0.3 is 0 Å². The van der Waals surface area contributed by atoms with Gasteiger partial charge in [0.1, 0.15) is 0 Å². The van der Waals surface area contributed by atoms with E-state index < -0.39 is 0 Å². The first-order valence-corrected chi connectivity index (χ1v) is 5.64. The van der Waals surface area contributed by atoms with Crippen LogP contribution in [0.1, 0.15) is 16.5 Å². The summed E-state index contributed by atoms with van der Waals surface area (Å²) < 4.78 is 1.80. The molecule has 5 heteroatoms. The molecule has 0 bridgehead atoms. The largest absolute Gasteiger partial charge is 0.276 e. The summed E-state index contributed by atoms with van der Waals surface area (Å²) >= 11 is 1.71. The first-order valence-electron chi connectivity index (χ1n) is 4.76. The second kappa shape index (κ2) is 4.57. The molecule has 0 amide bonds. The smallest absolute Gasteiger partial charge is 0.0594 e. The van der Waals surface area contributed by atoms with Gasteiger partial charge in [0.15, 0.2) is 0 Å². The summed E-state index contributed by atoms with van der Waals surface area (Å²) in [6, 6.07) is 4.30. The first-order chi connectivity index (χ1) is 7.29. The highest BCUT2D eigenvalue weighted by atomic mass is 32.1. The van der Waals surface area contributed by atoms with Crippen LogP contribution in [0.2, 0.25) is 0 Å². The van der Waals surface area contributed by atoms with Crippen LogP contribution in [0.5, 0.6) is 0 Å². The third kappa shape index (κ3) is 2.44. The molecule has 0 aliphatic carbocycles. The third-order valence-corrected chi connectivity index (χ3v) is 3.27.